The third kappa shape index (κ3) is 6.62. The summed E-state index contributed by atoms with van der Waals surface area (Å²) < 4.78 is 5.81. The fraction of sp³-hybridized carbons (Fsp3) is 0.231. The number of rotatable bonds is 5. The van der Waals surface area contributed by atoms with Crippen LogP contribution in [0.2, 0.25) is 5.02 Å². The zero-order chi connectivity index (χ0) is 12.7. The molecular formula is C13H13Cl3O. The number of halogens is 3. The summed E-state index contributed by atoms with van der Waals surface area (Å²) in [6, 6.07) is 7.26. The Hall–Kier alpha value is -0.630. The van der Waals surface area contributed by atoms with Crippen molar-refractivity contribution in [3.63, 3.8) is 0 Å². The van der Waals surface area contributed by atoms with E-state index in [0.717, 1.165) is 17.7 Å². The van der Waals surface area contributed by atoms with Crippen LogP contribution in [0.4, 0.5) is 0 Å². The van der Waals surface area contributed by atoms with Gasteiger partial charge in [0.05, 0.1) is 0 Å². The summed E-state index contributed by atoms with van der Waals surface area (Å²) in [6.07, 6.45) is 4.46. The summed E-state index contributed by atoms with van der Waals surface area (Å²) in [6.45, 7) is 2.51. The molecule has 0 aliphatic heterocycles. The summed E-state index contributed by atoms with van der Waals surface area (Å²) >= 11 is 16.8. The highest BCUT2D eigenvalue weighted by molar-refractivity contribution is 6.55. The summed E-state index contributed by atoms with van der Waals surface area (Å²) in [5.74, 6) is 0.796. The van der Waals surface area contributed by atoms with Gasteiger partial charge in [-0.25, -0.2) is 0 Å². The van der Waals surface area contributed by atoms with Crippen molar-refractivity contribution in [3.05, 3.63) is 51.5 Å². The molecule has 0 aromatic heterocycles. The minimum atomic E-state index is 0.288. The van der Waals surface area contributed by atoms with Crippen LogP contribution in [0, 0.1) is 0 Å². The quantitative estimate of drug-likeness (QED) is 0.662. The minimum absolute atomic E-state index is 0.288. The molecule has 4 heteroatoms. The molecule has 0 fully saturated rings. The molecule has 92 valence electrons. The van der Waals surface area contributed by atoms with Gasteiger partial charge in [0.15, 0.2) is 0 Å². The molecule has 0 saturated carbocycles. The van der Waals surface area contributed by atoms with Gasteiger partial charge in [0.2, 0.25) is 0 Å². The topological polar surface area (TPSA) is 9.23 Å². The van der Waals surface area contributed by atoms with Crippen molar-refractivity contribution in [1.29, 1.82) is 0 Å². The lowest BCUT2D eigenvalue weighted by molar-refractivity contribution is 0.362. The normalized spacial score (nSPS) is 11.2. The van der Waals surface area contributed by atoms with Gasteiger partial charge in [0.1, 0.15) is 16.8 Å². The Balaban J connectivity index is 2.38. The Kier molecular flexibility index (Phi) is 6.49. The first kappa shape index (κ1) is 14.4. The van der Waals surface area contributed by atoms with Crippen LogP contribution in [-0.2, 0) is 0 Å². The van der Waals surface area contributed by atoms with Crippen LogP contribution in [0.5, 0.6) is 5.75 Å². The Bertz CT molecular complexity index is 403. The van der Waals surface area contributed by atoms with Gasteiger partial charge in [-0.15, -0.1) is 0 Å². The van der Waals surface area contributed by atoms with Crippen molar-refractivity contribution in [2.24, 2.45) is 0 Å². The predicted octanol–water partition coefficient (Wildman–Crippen LogP) is 5.37. The number of ether oxygens (including phenoxy) is 1. The van der Waals surface area contributed by atoms with Gasteiger partial charge < -0.3 is 4.74 Å². The smallest absolute Gasteiger partial charge is 0.119 e. The standard InChI is InChI=1S/C13H13Cl3O/c1-10(2-7-13(15)16)8-9-17-12-5-3-11(14)4-6-12/h3-8H,2,9H2,1H3/b10-8+. The Morgan fingerprint density at radius 1 is 1.18 bits per heavy atom. The highest BCUT2D eigenvalue weighted by Gasteiger charge is 1.93. The maximum absolute atomic E-state index is 5.77. The van der Waals surface area contributed by atoms with Gasteiger partial charge in [-0.1, -0.05) is 46.5 Å². The van der Waals surface area contributed by atoms with E-state index in [2.05, 4.69) is 0 Å². The summed E-state index contributed by atoms with van der Waals surface area (Å²) in [5, 5.41) is 0.700. The van der Waals surface area contributed by atoms with E-state index in [-0.39, 0.29) is 4.49 Å². The molecule has 0 spiro atoms. The lowest BCUT2D eigenvalue weighted by Gasteiger charge is -2.03. The molecule has 0 amide bonds. The lowest BCUT2D eigenvalue weighted by Crippen LogP contribution is -1.94. The van der Waals surface area contributed by atoms with Crippen LogP contribution in [0.15, 0.2) is 46.5 Å². The first-order valence-corrected chi connectivity index (χ1v) is 6.26. The van der Waals surface area contributed by atoms with Crippen LogP contribution in [0.25, 0.3) is 0 Å². The molecule has 17 heavy (non-hydrogen) atoms. The zero-order valence-corrected chi connectivity index (χ0v) is 11.7. The SMILES string of the molecule is C/C(=C\COc1ccc(Cl)cc1)CC=C(Cl)Cl. The van der Waals surface area contributed by atoms with E-state index in [1.807, 2.05) is 25.1 Å². The molecule has 0 heterocycles. The molecule has 0 atom stereocenters. The highest BCUT2D eigenvalue weighted by atomic mass is 35.5. The van der Waals surface area contributed by atoms with Crippen LogP contribution < -0.4 is 4.74 Å². The Morgan fingerprint density at radius 3 is 2.41 bits per heavy atom. The van der Waals surface area contributed by atoms with Crippen molar-refractivity contribution in [1.82, 2.24) is 0 Å². The molecule has 1 rings (SSSR count). The van der Waals surface area contributed by atoms with Gasteiger partial charge in [-0.2, -0.15) is 0 Å². The molecule has 0 aliphatic rings. The first-order chi connectivity index (χ1) is 8.08. The Morgan fingerprint density at radius 2 is 1.82 bits per heavy atom. The maximum atomic E-state index is 5.77. The average molecular weight is 292 g/mol. The number of hydrogen-bond donors (Lipinski definition) is 0. The van der Waals surface area contributed by atoms with E-state index >= 15 is 0 Å². The molecule has 1 nitrogen and oxygen atoms in total. The first-order valence-electron chi connectivity index (χ1n) is 5.13. The van der Waals surface area contributed by atoms with Crippen molar-refractivity contribution in [2.45, 2.75) is 13.3 Å². The Labute approximate surface area is 117 Å². The van der Waals surface area contributed by atoms with E-state index in [4.69, 9.17) is 39.5 Å². The maximum Gasteiger partial charge on any atom is 0.119 e. The van der Waals surface area contributed by atoms with Gasteiger partial charge in [0.25, 0.3) is 0 Å². The van der Waals surface area contributed by atoms with Crippen molar-refractivity contribution >= 4 is 34.8 Å². The zero-order valence-electron chi connectivity index (χ0n) is 9.42. The van der Waals surface area contributed by atoms with E-state index < -0.39 is 0 Å². The molecule has 1 aromatic rings. The van der Waals surface area contributed by atoms with Crippen molar-refractivity contribution in [3.8, 4) is 5.75 Å². The van der Waals surface area contributed by atoms with Crippen molar-refractivity contribution < 1.29 is 4.74 Å². The van der Waals surface area contributed by atoms with Gasteiger partial charge >= 0.3 is 0 Å². The second kappa shape index (κ2) is 7.65. The lowest BCUT2D eigenvalue weighted by atomic mass is 10.2. The summed E-state index contributed by atoms with van der Waals surface area (Å²) in [4.78, 5) is 0. The second-order valence-corrected chi connectivity index (χ2v) is 4.96. The molecule has 0 aliphatic carbocycles. The fourth-order valence-corrected chi connectivity index (χ4v) is 1.41. The van der Waals surface area contributed by atoms with Crippen molar-refractivity contribution in [2.75, 3.05) is 6.61 Å². The number of allylic oxidation sites excluding steroid dienone is 2. The summed E-state index contributed by atoms with van der Waals surface area (Å²) in [5.41, 5.74) is 1.15. The third-order valence-corrected chi connectivity index (χ3v) is 2.63. The second-order valence-electron chi connectivity index (χ2n) is 3.51. The average Bonchev–Trinajstić information content (AvgIpc) is 2.29. The molecule has 1 aromatic carbocycles. The van der Waals surface area contributed by atoms with E-state index in [1.165, 1.54) is 0 Å². The van der Waals surface area contributed by atoms with Gasteiger partial charge in [-0.05, 0) is 43.7 Å². The van der Waals surface area contributed by atoms with Crippen LogP contribution in [-0.4, -0.2) is 6.61 Å². The monoisotopic (exact) mass is 290 g/mol. The fourth-order valence-electron chi connectivity index (χ4n) is 1.13. The van der Waals surface area contributed by atoms with Crippen LogP contribution in [0.1, 0.15) is 13.3 Å². The van der Waals surface area contributed by atoms with E-state index in [0.29, 0.717) is 11.6 Å². The molecular weight excluding hydrogens is 279 g/mol. The molecule has 0 bridgehead atoms. The van der Waals surface area contributed by atoms with Crippen LogP contribution >= 0.6 is 34.8 Å². The summed E-state index contributed by atoms with van der Waals surface area (Å²) in [7, 11) is 0. The molecule has 0 saturated heterocycles. The number of benzene rings is 1. The third-order valence-electron chi connectivity index (χ3n) is 2.07. The van der Waals surface area contributed by atoms with E-state index in [1.54, 1.807) is 18.2 Å². The minimum Gasteiger partial charge on any atom is -0.490 e. The van der Waals surface area contributed by atoms with E-state index in [9.17, 15) is 0 Å². The van der Waals surface area contributed by atoms with Crippen LogP contribution in [0.3, 0.4) is 0 Å². The predicted molar refractivity (Wildman–Crippen MR) is 75.1 cm³/mol. The van der Waals surface area contributed by atoms with Gasteiger partial charge in [0, 0.05) is 5.02 Å². The highest BCUT2D eigenvalue weighted by Crippen LogP contribution is 2.16. The number of hydrogen-bond acceptors (Lipinski definition) is 1. The van der Waals surface area contributed by atoms with Gasteiger partial charge in [-0.3, -0.25) is 0 Å². The largest absolute Gasteiger partial charge is 0.490 e. The molecule has 0 radical (unpaired) electrons. The molecule has 0 N–H and O–H groups in total. The molecule has 0 unspecified atom stereocenters.